The Balaban J connectivity index is 1.60. The van der Waals surface area contributed by atoms with Gasteiger partial charge in [-0.25, -0.2) is 0 Å². The molecule has 1 unspecified atom stereocenters. The Hall–Kier alpha value is -0.910. The topological polar surface area (TPSA) is 59.3 Å². The van der Waals surface area contributed by atoms with Gasteiger partial charge in [0.1, 0.15) is 0 Å². The molecular weight excluding hydrogens is 242 g/mol. The summed E-state index contributed by atoms with van der Waals surface area (Å²) in [5.41, 5.74) is 2.33. The molecule has 19 heavy (non-hydrogen) atoms. The monoisotopic (exact) mass is 267 g/mol. The number of ether oxygens (including phenoxy) is 1. The van der Waals surface area contributed by atoms with Crippen molar-refractivity contribution in [3.05, 3.63) is 17.5 Å². The van der Waals surface area contributed by atoms with Crippen molar-refractivity contribution in [1.29, 1.82) is 0 Å². The number of aliphatic hydroxyl groups excluding tert-OH is 1. The maximum absolute atomic E-state index is 9.85. The first-order valence-corrected chi connectivity index (χ1v) is 7.14. The van der Waals surface area contributed by atoms with Crippen LogP contribution < -0.4 is 5.32 Å². The Morgan fingerprint density at radius 2 is 2.26 bits per heavy atom. The largest absolute Gasteiger partial charge is 0.389 e. The van der Waals surface area contributed by atoms with Gasteiger partial charge in [0.25, 0.3) is 0 Å². The van der Waals surface area contributed by atoms with Crippen molar-refractivity contribution >= 4 is 0 Å². The Morgan fingerprint density at radius 1 is 1.53 bits per heavy atom. The van der Waals surface area contributed by atoms with Crippen LogP contribution in [0, 0.1) is 6.92 Å². The Labute approximate surface area is 115 Å². The zero-order chi connectivity index (χ0) is 13.7. The lowest BCUT2D eigenvalue weighted by Gasteiger charge is -2.16. The van der Waals surface area contributed by atoms with E-state index in [0.717, 1.165) is 25.1 Å². The standard InChI is InChI=1S/C14H25N3O2/c1-11-12(8-16-17(11)2)7-15-9-13(18)10-19-14-5-3-4-6-14/h8,13-15,18H,3-7,9-10H2,1-2H3. The summed E-state index contributed by atoms with van der Waals surface area (Å²) in [6, 6.07) is 0. The second-order valence-electron chi connectivity index (χ2n) is 5.40. The lowest BCUT2D eigenvalue weighted by Crippen LogP contribution is -2.31. The molecule has 5 nitrogen and oxygen atoms in total. The molecule has 1 heterocycles. The first-order chi connectivity index (χ1) is 9.16. The van der Waals surface area contributed by atoms with Crippen LogP contribution in [0.1, 0.15) is 36.9 Å². The second kappa shape index (κ2) is 7.03. The highest BCUT2D eigenvalue weighted by Crippen LogP contribution is 2.20. The molecule has 0 saturated heterocycles. The zero-order valence-corrected chi connectivity index (χ0v) is 11.9. The van der Waals surface area contributed by atoms with Gasteiger partial charge in [0.15, 0.2) is 0 Å². The van der Waals surface area contributed by atoms with Gasteiger partial charge in [0, 0.05) is 31.4 Å². The predicted molar refractivity (Wildman–Crippen MR) is 73.9 cm³/mol. The van der Waals surface area contributed by atoms with E-state index in [1.807, 2.05) is 24.9 Å². The number of aromatic nitrogens is 2. The van der Waals surface area contributed by atoms with Gasteiger partial charge >= 0.3 is 0 Å². The summed E-state index contributed by atoms with van der Waals surface area (Å²) in [5.74, 6) is 0. The van der Waals surface area contributed by atoms with Crippen molar-refractivity contribution in [3.63, 3.8) is 0 Å². The molecule has 0 aliphatic heterocycles. The summed E-state index contributed by atoms with van der Waals surface area (Å²) < 4.78 is 7.55. The highest BCUT2D eigenvalue weighted by molar-refractivity contribution is 5.15. The molecule has 1 aromatic rings. The quantitative estimate of drug-likeness (QED) is 0.778. The third-order valence-corrected chi connectivity index (χ3v) is 3.86. The van der Waals surface area contributed by atoms with Gasteiger partial charge in [0.2, 0.25) is 0 Å². The molecule has 1 fully saturated rings. The maximum atomic E-state index is 9.85. The number of hydrogen-bond acceptors (Lipinski definition) is 4. The van der Waals surface area contributed by atoms with Crippen LogP contribution in [0.15, 0.2) is 6.20 Å². The number of aryl methyl sites for hydroxylation is 1. The van der Waals surface area contributed by atoms with Crippen molar-refractivity contribution in [2.75, 3.05) is 13.2 Å². The molecule has 0 bridgehead atoms. The van der Waals surface area contributed by atoms with Crippen LogP contribution in [0.5, 0.6) is 0 Å². The lowest BCUT2D eigenvalue weighted by atomic mass is 10.2. The third kappa shape index (κ3) is 4.30. The molecule has 0 amide bonds. The number of rotatable bonds is 7. The minimum Gasteiger partial charge on any atom is -0.389 e. The van der Waals surface area contributed by atoms with E-state index in [2.05, 4.69) is 10.4 Å². The zero-order valence-electron chi connectivity index (χ0n) is 11.9. The number of aliphatic hydroxyl groups is 1. The highest BCUT2D eigenvalue weighted by Gasteiger charge is 2.16. The summed E-state index contributed by atoms with van der Waals surface area (Å²) in [5, 5.41) is 17.3. The van der Waals surface area contributed by atoms with E-state index in [1.54, 1.807) is 0 Å². The lowest BCUT2D eigenvalue weighted by molar-refractivity contribution is -0.00550. The van der Waals surface area contributed by atoms with Crippen LogP contribution in [0.4, 0.5) is 0 Å². The van der Waals surface area contributed by atoms with E-state index in [4.69, 9.17) is 4.74 Å². The van der Waals surface area contributed by atoms with E-state index >= 15 is 0 Å². The van der Waals surface area contributed by atoms with Gasteiger partial charge in [-0.15, -0.1) is 0 Å². The van der Waals surface area contributed by atoms with Crippen molar-refractivity contribution in [2.45, 2.75) is 51.4 Å². The second-order valence-corrected chi connectivity index (χ2v) is 5.40. The van der Waals surface area contributed by atoms with E-state index in [9.17, 15) is 5.11 Å². The fourth-order valence-electron chi connectivity index (χ4n) is 2.45. The summed E-state index contributed by atoms with van der Waals surface area (Å²) in [6.45, 7) is 3.77. The van der Waals surface area contributed by atoms with Crippen LogP contribution in [0.2, 0.25) is 0 Å². The van der Waals surface area contributed by atoms with Crippen LogP contribution in [-0.4, -0.2) is 40.2 Å². The van der Waals surface area contributed by atoms with Gasteiger partial charge < -0.3 is 15.2 Å². The van der Waals surface area contributed by atoms with Crippen LogP contribution in [0.3, 0.4) is 0 Å². The maximum Gasteiger partial charge on any atom is 0.0897 e. The van der Waals surface area contributed by atoms with Gasteiger partial charge in [-0.1, -0.05) is 12.8 Å². The SMILES string of the molecule is Cc1c(CNCC(O)COC2CCCC2)cnn1C. The van der Waals surface area contributed by atoms with E-state index in [-0.39, 0.29) is 0 Å². The third-order valence-electron chi connectivity index (χ3n) is 3.86. The molecule has 2 N–H and O–H groups in total. The van der Waals surface area contributed by atoms with Crippen molar-refractivity contribution in [3.8, 4) is 0 Å². The molecule has 0 aromatic carbocycles. The number of nitrogens with one attached hydrogen (secondary N) is 1. The van der Waals surface area contributed by atoms with Gasteiger partial charge in [0.05, 0.1) is 25.0 Å². The Kier molecular flexibility index (Phi) is 5.36. The minimum absolute atomic E-state index is 0.371. The highest BCUT2D eigenvalue weighted by atomic mass is 16.5. The van der Waals surface area contributed by atoms with Crippen LogP contribution >= 0.6 is 0 Å². The van der Waals surface area contributed by atoms with E-state index < -0.39 is 6.10 Å². The van der Waals surface area contributed by atoms with Crippen LogP contribution in [0.25, 0.3) is 0 Å². The molecule has 5 heteroatoms. The molecule has 108 valence electrons. The minimum atomic E-state index is -0.433. The fraction of sp³-hybridized carbons (Fsp3) is 0.786. The van der Waals surface area contributed by atoms with Crippen molar-refractivity contribution in [2.24, 2.45) is 7.05 Å². The van der Waals surface area contributed by atoms with Gasteiger partial charge in [-0.05, 0) is 19.8 Å². The molecule has 1 saturated carbocycles. The average molecular weight is 267 g/mol. The first-order valence-electron chi connectivity index (χ1n) is 7.14. The predicted octanol–water partition coefficient (Wildman–Crippen LogP) is 1.14. The Morgan fingerprint density at radius 3 is 2.89 bits per heavy atom. The fourth-order valence-corrected chi connectivity index (χ4v) is 2.45. The summed E-state index contributed by atoms with van der Waals surface area (Å²) in [7, 11) is 1.93. The number of nitrogens with zero attached hydrogens (tertiary/aromatic N) is 2. The van der Waals surface area contributed by atoms with Gasteiger partial charge in [-0.3, -0.25) is 4.68 Å². The normalized spacial score (nSPS) is 18.1. The molecule has 1 aliphatic carbocycles. The number of hydrogen-bond donors (Lipinski definition) is 2. The molecule has 1 aliphatic rings. The van der Waals surface area contributed by atoms with Crippen LogP contribution in [-0.2, 0) is 18.3 Å². The molecule has 2 rings (SSSR count). The summed E-state index contributed by atoms with van der Waals surface area (Å²) in [6.07, 6.45) is 6.62. The molecule has 0 spiro atoms. The first kappa shape index (κ1) is 14.5. The summed E-state index contributed by atoms with van der Waals surface area (Å²) >= 11 is 0. The smallest absolute Gasteiger partial charge is 0.0897 e. The van der Waals surface area contributed by atoms with Crippen molar-refractivity contribution < 1.29 is 9.84 Å². The molecular formula is C14H25N3O2. The average Bonchev–Trinajstić information content (AvgIpc) is 3.01. The molecule has 1 atom stereocenters. The Bertz CT molecular complexity index is 386. The molecule has 0 radical (unpaired) electrons. The van der Waals surface area contributed by atoms with E-state index in [1.165, 1.54) is 18.4 Å². The summed E-state index contributed by atoms with van der Waals surface area (Å²) in [4.78, 5) is 0. The van der Waals surface area contributed by atoms with E-state index in [0.29, 0.717) is 19.3 Å². The van der Waals surface area contributed by atoms with Crippen molar-refractivity contribution in [1.82, 2.24) is 15.1 Å². The molecule has 1 aromatic heterocycles. The van der Waals surface area contributed by atoms with Gasteiger partial charge in [-0.2, -0.15) is 5.10 Å².